The summed E-state index contributed by atoms with van der Waals surface area (Å²) in [6.45, 7) is 8.25. The number of aromatic amines is 1. The molecule has 1 aliphatic heterocycles. The van der Waals surface area contributed by atoms with Crippen LogP contribution in [0.1, 0.15) is 32.8 Å². The van der Waals surface area contributed by atoms with E-state index in [2.05, 4.69) is 40.9 Å². The maximum absolute atomic E-state index is 13.8. The molecule has 1 unspecified atom stereocenters. The topological polar surface area (TPSA) is 71.8 Å². The van der Waals surface area contributed by atoms with Gasteiger partial charge < -0.3 is 10.2 Å². The van der Waals surface area contributed by atoms with E-state index in [9.17, 15) is 13.2 Å². The average Bonchev–Trinajstić information content (AvgIpc) is 3.10. The van der Waals surface area contributed by atoms with Gasteiger partial charge in [0.25, 0.3) is 0 Å². The van der Waals surface area contributed by atoms with Gasteiger partial charge in [0.05, 0.1) is 11.3 Å². The Morgan fingerprint density at radius 2 is 2.07 bits per heavy atom. The first kappa shape index (κ1) is 20.6. The maximum atomic E-state index is 13.8. The van der Waals surface area contributed by atoms with Gasteiger partial charge in [0, 0.05) is 24.7 Å². The number of nitrogens with one attached hydrogen (secondary N) is 1. The molecule has 6 nitrogen and oxygen atoms in total. The molecule has 0 spiro atoms. The average molecular weight is 417 g/mol. The van der Waals surface area contributed by atoms with Gasteiger partial charge in [0.2, 0.25) is 0 Å². The van der Waals surface area contributed by atoms with Crippen LogP contribution in [0.2, 0.25) is 0 Å². The maximum Gasteiger partial charge on any atom is 0.418 e. The minimum Gasteiger partial charge on any atom is -0.654 e. The van der Waals surface area contributed by atoms with Crippen molar-refractivity contribution in [3.05, 3.63) is 41.3 Å². The number of aromatic nitrogens is 4. The van der Waals surface area contributed by atoms with E-state index in [1.165, 1.54) is 6.07 Å². The van der Waals surface area contributed by atoms with Gasteiger partial charge in [-0.05, 0) is 30.2 Å². The molecule has 0 amide bonds. The quantitative estimate of drug-likeness (QED) is 0.646. The number of alkyl halides is 3. The summed E-state index contributed by atoms with van der Waals surface area (Å²) in [6, 6.07) is 5.91. The van der Waals surface area contributed by atoms with Crippen molar-refractivity contribution in [2.45, 2.75) is 38.9 Å². The van der Waals surface area contributed by atoms with Crippen LogP contribution in [0.4, 0.5) is 19.0 Å². The first-order valence-electron chi connectivity index (χ1n) is 9.98. The van der Waals surface area contributed by atoms with Crippen LogP contribution < -0.4 is 4.90 Å². The highest BCUT2D eigenvalue weighted by atomic mass is 19.4. The van der Waals surface area contributed by atoms with E-state index in [4.69, 9.17) is 5.32 Å². The van der Waals surface area contributed by atoms with Crippen LogP contribution in [0.5, 0.6) is 0 Å². The first-order chi connectivity index (χ1) is 14.2. The molecular weight excluding hydrogens is 393 g/mol. The number of piperazine rings is 1. The molecule has 1 saturated heterocycles. The highest BCUT2D eigenvalue weighted by molar-refractivity contribution is 5.90. The third-order valence-corrected chi connectivity index (χ3v) is 5.32. The summed E-state index contributed by atoms with van der Waals surface area (Å²) in [5.74, 6) is 0.980. The molecule has 1 atom stereocenters. The predicted octanol–water partition coefficient (Wildman–Crippen LogP) is 5.04. The Morgan fingerprint density at radius 3 is 2.80 bits per heavy atom. The Kier molecular flexibility index (Phi) is 5.17. The van der Waals surface area contributed by atoms with Gasteiger partial charge in [0.15, 0.2) is 5.65 Å². The first-order valence-corrected chi connectivity index (χ1v) is 9.98. The van der Waals surface area contributed by atoms with Crippen LogP contribution in [0.25, 0.3) is 27.7 Å². The largest absolute Gasteiger partial charge is 0.654 e. The molecule has 1 aliphatic rings. The normalized spacial score (nSPS) is 20.3. The summed E-state index contributed by atoms with van der Waals surface area (Å²) in [6.07, 6.45) is -2.08. The van der Waals surface area contributed by atoms with E-state index in [0.29, 0.717) is 42.4 Å². The molecule has 4 heterocycles. The fourth-order valence-electron chi connectivity index (χ4n) is 4.26. The van der Waals surface area contributed by atoms with Gasteiger partial charge in [-0.3, -0.25) is 5.10 Å². The predicted molar refractivity (Wildman–Crippen MR) is 110 cm³/mol. The van der Waals surface area contributed by atoms with Gasteiger partial charge in [-0.2, -0.15) is 18.3 Å². The summed E-state index contributed by atoms with van der Waals surface area (Å²) in [7, 11) is 0. The van der Waals surface area contributed by atoms with E-state index < -0.39 is 11.7 Å². The number of fused-ring (bicyclic) bond motifs is 1. The van der Waals surface area contributed by atoms with E-state index >= 15 is 0 Å². The standard InChI is InChI=1S/C21H24F3N6/c1-13(2)11-20(3)12-30(10-9-26-20)16-7-6-15(21(22,23)24)18(27-16)17-14-5-4-8-25-19(14)29-28-17/h4-8,13H,9-12H2,1-3H3,(H,25,28,29)/q-1. The van der Waals surface area contributed by atoms with Gasteiger partial charge in [-0.15, -0.1) is 12.1 Å². The van der Waals surface area contributed by atoms with Gasteiger partial charge >= 0.3 is 6.18 Å². The molecular formula is C21H24F3N6-. The fourth-order valence-corrected chi connectivity index (χ4v) is 4.26. The lowest BCUT2D eigenvalue weighted by Crippen LogP contribution is -2.48. The van der Waals surface area contributed by atoms with Crippen molar-refractivity contribution < 1.29 is 13.2 Å². The SMILES string of the molecule is CC(C)CC1(C)CN(c2ccc(C(F)(F)F)c(-c3[nH]nc4ncccc34)n2)CC[N-]1. The number of halogens is 3. The Balaban J connectivity index is 1.77. The molecule has 0 aromatic carbocycles. The van der Waals surface area contributed by atoms with E-state index in [1.807, 2.05) is 4.90 Å². The molecule has 9 heteroatoms. The highest BCUT2D eigenvalue weighted by Gasteiger charge is 2.36. The summed E-state index contributed by atoms with van der Waals surface area (Å²) in [5, 5.41) is 12.0. The van der Waals surface area contributed by atoms with Gasteiger partial charge in [-0.1, -0.05) is 27.2 Å². The zero-order chi connectivity index (χ0) is 21.5. The lowest BCUT2D eigenvalue weighted by molar-refractivity contribution is -0.137. The molecule has 0 aliphatic carbocycles. The number of hydrogen-bond acceptors (Lipinski definition) is 4. The molecule has 160 valence electrons. The lowest BCUT2D eigenvalue weighted by atomic mass is 9.88. The van der Waals surface area contributed by atoms with E-state index in [-0.39, 0.29) is 16.9 Å². The number of pyridine rings is 2. The van der Waals surface area contributed by atoms with Crippen molar-refractivity contribution in [2.75, 3.05) is 24.5 Å². The van der Waals surface area contributed by atoms with Crippen LogP contribution in [-0.4, -0.2) is 45.3 Å². The zero-order valence-corrected chi connectivity index (χ0v) is 17.2. The number of H-pyrrole nitrogens is 1. The van der Waals surface area contributed by atoms with Crippen molar-refractivity contribution >= 4 is 16.9 Å². The van der Waals surface area contributed by atoms with E-state index in [1.54, 1.807) is 18.3 Å². The summed E-state index contributed by atoms with van der Waals surface area (Å²) >= 11 is 0. The van der Waals surface area contributed by atoms with Gasteiger partial charge in [0.1, 0.15) is 11.5 Å². The van der Waals surface area contributed by atoms with Crippen LogP contribution in [-0.2, 0) is 6.18 Å². The summed E-state index contributed by atoms with van der Waals surface area (Å²) < 4.78 is 41.3. The Bertz CT molecular complexity index is 1040. The molecule has 0 bridgehead atoms. The summed E-state index contributed by atoms with van der Waals surface area (Å²) in [4.78, 5) is 10.6. The van der Waals surface area contributed by atoms with Crippen LogP contribution >= 0.6 is 0 Å². The molecule has 0 saturated carbocycles. The second-order valence-corrected chi connectivity index (χ2v) is 8.43. The third kappa shape index (κ3) is 3.98. The summed E-state index contributed by atoms with van der Waals surface area (Å²) in [5.41, 5.74) is -0.634. The molecule has 3 aromatic heterocycles. The van der Waals surface area contributed by atoms with Crippen molar-refractivity contribution in [3.63, 3.8) is 0 Å². The molecule has 1 N–H and O–H groups in total. The van der Waals surface area contributed by atoms with Crippen LogP contribution in [0, 0.1) is 5.92 Å². The number of hydrogen-bond donors (Lipinski definition) is 1. The molecule has 3 aromatic rings. The van der Waals surface area contributed by atoms with Crippen LogP contribution in [0.3, 0.4) is 0 Å². The second kappa shape index (κ2) is 7.54. The number of rotatable bonds is 4. The highest BCUT2D eigenvalue weighted by Crippen LogP contribution is 2.39. The minimum absolute atomic E-state index is 0.163. The van der Waals surface area contributed by atoms with E-state index in [0.717, 1.165) is 12.5 Å². The number of nitrogens with zero attached hydrogens (tertiary/aromatic N) is 5. The van der Waals surface area contributed by atoms with Crippen molar-refractivity contribution in [3.8, 4) is 11.4 Å². The van der Waals surface area contributed by atoms with Crippen molar-refractivity contribution in [1.29, 1.82) is 0 Å². The number of anilines is 1. The fraction of sp³-hybridized carbons (Fsp3) is 0.476. The Hall–Kier alpha value is -2.68. The minimum atomic E-state index is -4.54. The molecule has 30 heavy (non-hydrogen) atoms. The monoisotopic (exact) mass is 417 g/mol. The van der Waals surface area contributed by atoms with Crippen molar-refractivity contribution in [1.82, 2.24) is 20.2 Å². The molecule has 4 rings (SSSR count). The zero-order valence-electron chi connectivity index (χ0n) is 17.2. The van der Waals surface area contributed by atoms with Crippen molar-refractivity contribution in [2.24, 2.45) is 5.92 Å². The lowest BCUT2D eigenvalue weighted by Gasteiger charge is -2.53. The molecule has 1 fully saturated rings. The second-order valence-electron chi connectivity index (χ2n) is 8.43. The Morgan fingerprint density at radius 1 is 1.27 bits per heavy atom. The Labute approximate surface area is 172 Å². The van der Waals surface area contributed by atoms with Gasteiger partial charge in [-0.25, -0.2) is 9.97 Å². The van der Waals surface area contributed by atoms with Crippen LogP contribution in [0.15, 0.2) is 30.5 Å². The third-order valence-electron chi connectivity index (χ3n) is 5.32. The molecule has 0 radical (unpaired) electrons. The smallest absolute Gasteiger partial charge is 0.418 e.